The molecule has 1 aliphatic heterocycles. The van der Waals surface area contributed by atoms with Crippen molar-refractivity contribution in [2.45, 2.75) is 13.1 Å². The number of carbonyl (C=O) groups excluding carboxylic acids is 1. The molecule has 0 aromatic heterocycles. The first-order chi connectivity index (χ1) is 9.99. The van der Waals surface area contributed by atoms with Crippen LogP contribution in [0, 0.1) is 5.82 Å². The second-order valence-electron chi connectivity index (χ2n) is 4.83. The van der Waals surface area contributed by atoms with E-state index in [4.69, 9.17) is 11.6 Å². The zero-order chi connectivity index (χ0) is 15.1. The molecule has 0 unspecified atom stereocenters. The predicted octanol–water partition coefficient (Wildman–Crippen LogP) is 3.05. The lowest BCUT2D eigenvalue weighted by atomic mass is 10.1. The van der Waals surface area contributed by atoms with E-state index in [1.807, 2.05) is 0 Å². The van der Waals surface area contributed by atoms with E-state index in [9.17, 15) is 19.4 Å². The Kier molecular flexibility index (Phi) is 3.22. The van der Waals surface area contributed by atoms with Crippen LogP contribution in [0.3, 0.4) is 0 Å². The van der Waals surface area contributed by atoms with E-state index in [2.05, 4.69) is 0 Å². The molecule has 6 heteroatoms. The third kappa shape index (κ3) is 2.19. The lowest BCUT2D eigenvalue weighted by molar-refractivity contribution is 0.0762. The van der Waals surface area contributed by atoms with Gasteiger partial charge in [0.05, 0.1) is 12.1 Å². The van der Waals surface area contributed by atoms with Crippen LogP contribution in [0.25, 0.3) is 0 Å². The van der Waals surface area contributed by atoms with Crippen molar-refractivity contribution in [2.24, 2.45) is 0 Å². The van der Waals surface area contributed by atoms with E-state index >= 15 is 0 Å². The highest BCUT2D eigenvalue weighted by Gasteiger charge is 2.32. The molecular formula is C15H11ClFNO3. The zero-order valence-corrected chi connectivity index (χ0v) is 11.6. The number of rotatable bonds is 2. The van der Waals surface area contributed by atoms with Crippen molar-refractivity contribution in [3.05, 3.63) is 57.9 Å². The summed E-state index contributed by atoms with van der Waals surface area (Å²) in [5.74, 6) is -1.75. The van der Waals surface area contributed by atoms with Crippen molar-refractivity contribution in [3.8, 4) is 11.5 Å². The summed E-state index contributed by atoms with van der Waals surface area (Å²) in [4.78, 5) is 13.7. The van der Waals surface area contributed by atoms with Crippen LogP contribution >= 0.6 is 11.6 Å². The number of amides is 1. The van der Waals surface area contributed by atoms with Gasteiger partial charge in [-0.25, -0.2) is 4.39 Å². The van der Waals surface area contributed by atoms with E-state index < -0.39 is 17.5 Å². The fourth-order valence-corrected chi connectivity index (χ4v) is 2.65. The number of phenols is 2. The van der Waals surface area contributed by atoms with Crippen LogP contribution in [0.1, 0.15) is 21.5 Å². The first-order valence-corrected chi connectivity index (χ1v) is 6.63. The fraction of sp³-hybridized carbons (Fsp3) is 0.133. The molecule has 0 fully saturated rings. The summed E-state index contributed by atoms with van der Waals surface area (Å²) in [6.07, 6.45) is 0. The Morgan fingerprint density at radius 1 is 1.24 bits per heavy atom. The maximum absolute atomic E-state index is 13.8. The maximum atomic E-state index is 13.8. The van der Waals surface area contributed by atoms with Crippen molar-refractivity contribution in [3.63, 3.8) is 0 Å². The predicted molar refractivity (Wildman–Crippen MR) is 74.8 cm³/mol. The summed E-state index contributed by atoms with van der Waals surface area (Å²) in [6.45, 7) is 0.228. The molecule has 4 nitrogen and oxygen atoms in total. The van der Waals surface area contributed by atoms with Crippen molar-refractivity contribution < 1.29 is 19.4 Å². The van der Waals surface area contributed by atoms with Crippen molar-refractivity contribution >= 4 is 17.5 Å². The third-order valence-electron chi connectivity index (χ3n) is 3.52. The quantitative estimate of drug-likeness (QED) is 0.838. The number of hydrogen-bond acceptors (Lipinski definition) is 3. The molecule has 108 valence electrons. The molecule has 0 saturated heterocycles. The number of fused-ring (bicyclic) bond motifs is 1. The lowest BCUT2D eigenvalue weighted by Gasteiger charge is -2.17. The summed E-state index contributed by atoms with van der Waals surface area (Å²) >= 11 is 5.96. The average molecular weight is 308 g/mol. The van der Waals surface area contributed by atoms with E-state index in [1.165, 1.54) is 23.1 Å². The smallest absolute Gasteiger partial charge is 0.258 e. The first-order valence-electron chi connectivity index (χ1n) is 6.25. The molecule has 0 bridgehead atoms. The molecule has 2 aromatic carbocycles. The van der Waals surface area contributed by atoms with Crippen molar-refractivity contribution in [2.75, 3.05) is 0 Å². The molecule has 0 saturated carbocycles. The monoisotopic (exact) mass is 307 g/mol. The highest BCUT2D eigenvalue weighted by molar-refractivity contribution is 6.31. The normalized spacial score (nSPS) is 13.6. The Morgan fingerprint density at radius 3 is 2.71 bits per heavy atom. The topological polar surface area (TPSA) is 60.8 Å². The highest BCUT2D eigenvalue weighted by atomic mass is 35.5. The summed E-state index contributed by atoms with van der Waals surface area (Å²) < 4.78 is 13.8. The van der Waals surface area contributed by atoms with Gasteiger partial charge in [-0.1, -0.05) is 23.7 Å². The number of aromatic hydroxyl groups is 2. The van der Waals surface area contributed by atoms with Crippen LogP contribution in [0.15, 0.2) is 30.3 Å². The molecule has 1 aliphatic rings. The average Bonchev–Trinajstić information content (AvgIpc) is 2.76. The van der Waals surface area contributed by atoms with Gasteiger partial charge >= 0.3 is 0 Å². The van der Waals surface area contributed by atoms with Crippen molar-refractivity contribution in [1.82, 2.24) is 4.90 Å². The van der Waals surface area contributed by atoms with Crippen LogP contribution in [-0.2, 0) is 13.1 Å². The minimum Gasteiger partial charge on any atom is -0.504 e. The summed E-state index contributed by atoms with van der Waals surface area (Å²) in [5, 5.41) is 19.5. The summed E-state index contributed by atoms with van der Waals surface area (Å²) in [5.41, 5.74) is 0.870. The molecule has 0 atom stereocenters. The molecule has 1 heterocycles. The summed E-state index contributed by atoms with van der Waals surface area (Å²) in [6, 6.07) is 7.20. The Hall–Kier alpha value is -2.27. The first kappa shape index (κ1) is 13.7. The standard InChI is InChI=1S/C15H11ClFNO3/c16-10-2-1-3-11(17)9(10)7-18-6-8-4-5-12(19)14(20)13(8)15(18)21/h1-5,19-20H,6-7H2. The molecule has 0 radical (unpaired) electrons. The van der Waals surface area contributed by atoms with Crippen LogP contribution in [0.5, 0.6) is 11.5 Å². The molecule has 2 aromatic rings. The summed E-state index contributed by atoms with van der Waals surface area (Å²) in [7, 11) is 0. The number of hydrogen-bond donors (Lipinski definition) is 2. The van der Waals surface area contributed by atoms with Gasteiger partial charge in [0.15, 0.2) is 11.5 Å². The van der Waals surface area contributed by atoms with E-state index in [1.54, 1.807) is 12.1 Å². The van der Waals surface area contributed by atoms with Gasteiger partial charge in [-0.05, 0) is 23.8 Å². The van der Waals surface area contributed by atoms with Gasteiger partial charge in [0, 0.05) is 17.1 Å². The second-order valence-corrected chi connectivity index (χ2v) is 5.24. The van der Waals surface area contributed by atoms with E-state index in [0.29, 0.717) is 5.56 Å². The Morgan fingerprint density at radius 2 is 2.00 bits per heavy atom. The Bertz CT molecular complexity index is 728. The van der Waals surface area contributed by atoms with Crippen LogP contribution in [-0.4, -0.2) is 21.0 Å². The van der Waals surface area contributed by atoms with Gasteiger partial charge in [-0.15, -0.1) is 0 Å². The SMILES string of the molecule is O=C1c2c(ccc(O)c2O)CN1Cc1c(F)cccc1Cl. The molecular weight excluding hydrogens is 297 g/mol. The number of halogens is 2. The van der Waals surface area contributed by atoms with Crippen LogP contribution in [0.2, 0.25) is 5.02 Å². The lowest BCUT2D eigenvalue weighted by Crippen LogP contribution is -2.24. The minimum atomic E-state index is -0.488. The van der Waals surface area contributed by atoms with Gasteiger partial charge in [0.1, 0.15) is 5.82 Å². The highest BCUT2D eigenvalue weighted by Crippen LogP contribution is 2.37. The minimum absolute atomic E-state index is 0.000772. The zero-order valence-electron chi connectivity index (χ0n) is 10.8. The molecule has 0 aliphatic carbocycles. The molecule has 3 rings (SSSR count). The number of nitrogens with zero attached hydrogens (tertiary/aromatic N) is 1. The van der Waals surface area contributed by atoms with Gasteiger partial charge in [-0.2, -0.15) is 0 Å². The number of phenolic OH excluding ortho intramolecular Hbond substituents is 2. The number of benzene rings is 2. The molecule has 0 spiro atoms. The Labute approximate surface area is 125 Å². The van der Waals surface area contributed by atoms with Gasteiger partial charge in [0.25, 0.3) is 5.91 Å². The van der Waals surface area contributed by atoms with Crippen LogP contribution in [0.4, 0.5) is 4.39 Å². The fourth-order valence-electron chi connectivity index (χ4n) is 2.43. The third-order valence-corrected chi connectivity index (χ3v) is 3.87. The largest absolute Gasteiger partial charge is 0.504 e. The van der Waals surface area contributed by atoms with Gasteiger partial charge < -0.3 is 15.1 Å². The van der Waals surface area contributed by atoms with E-state index in [-0.39, 0.29) is 35.0 Å². The molecule has 1 amide bonds. The maximum Gasteiger partial charge on any atom is 0.258 e. The van der Waals surface area contributed by atoms with Crippen LogP contribution < -0.4 is 0 Å². The van der Waals surface area contributed by atoms with Gasteiger partial charge in [0.2, 0.25) is 0 Å². The molecule has 2 N–H and O–H groups in total. The number of carbonyl (C=O) groups is 1. The molecule has 21 heavy (non-hydrogen) atoms. The van der Waals surface area contributed by atoms with E-state index in [0.717, 1.165) is 0 Å². The van der Waals surface area contributed by atoms with Gasteiger partial charge in [-0.3, -0.25) is 4.79 Å². The van der Waals surface area contributed by atoms with Crippen molar-refractivity contribution in [1.29, 1.82) is 0 Å². The second kappa shape index (κ2) is 4.93. The Balaban J connectivity index is 1.94.